The van der Waals surface area contributed by atoms with Crippen LogP contribution in [0.25, 0.3) is 0 Å². The second kappa shape index (κ2) is 7.76. The maximum Gasteiger partial charge on any atom is 0.299 e. The molecular formula is C15H24O4S. The first-order chi connectivity index (χ1) is 9.39. The van der Waals surface area contributed by atoms with Crippen molar-refractivity contribution in [2.75, 3.05) is 6.61 Å². The molecule has 20 heavy (non-hydrogen) atoms. The highest BCUT2D eigenvalue weighted by atomic mass is 32.2. The van der Waals surface area contributed by atoms with Gasteiger partial charge >= 0.3 is 0 Å². The zero-order chi connectivity index (χ0) is 15.2. The summed E-state index contributed by atoms with van der Waals surface area (Å²) in [4.78, 5) is 0.161. The van der Waals surface area contributed by atoms with Crippen LogP contribution < -0.4 is 0 Å². The maximum atomic E-state index is 12.1. The summed E-state index contributed by atoms with van der Waals surface area (Å²) in [5.74, 6) is 0.384. The molecule has 1 aromatic rings. The third-order valence-electron chi connectivity index (χ3n) is 3.14. The Hall–Kier alpha value is -0.910. The monoisotopic (exact) mass is 300 g/mol. The summed E-state index contributed by atoms with van der Waals surface area (Å²) < 4.78 is 34.9. The van der Waals surface area contributed by atoms with Gasteiger partial charge in [-0.3, -0.25) is 0 Å². The van der Waals surface area contributed by atoms with Crippen LogP contribution in [0.1, 0.15) is 39.2 Å². The van der Waals surface area contributed by atoms with Gasteiger partial charge in [-0.05, 0) is 31.4 Å². The summed E-state index contributed by atoms with van der Waals surface area (Å²) in [6.45, 7) is 8.37. The molecule has 1 rings (SSSR count). The zero-order valence-electron chi connectivity index (χ0n) is 12.6. The van der Waals surface area contributed by atoms with Gasteiger partial charge < -0.3 is 4.74 Å². The van der Waals surface area contributed by atoms with Crippen molar-refractivity contribution in [2.24, 2.45) is 5.92 Å². The van der Waals surface area contributed by atoms with Crippen molar-refractivity contribution in [3.05, 3.63) is 29.8 Å². The lowest BCUT2D eigenvalue weighted by Gasteiger charge is -2.18. The van der Waals surface area contributed by atoms with Crippen molar-refractivity contribution in [1.29, 1.82) is 0 Å². The smallest absolute Gasteiger partial charge is 0.299 e. The highest BCUT2D eigenvalue weighted by molar-refractivity contribution is 7.86. The van der Waals surface area contributed by atoms with Gasteiger partial charge in [-0.25, -0.2) is 4.18 Å². The van der Waals surface area contributed by atoms with Crippen molar-refractivity contribution >= 4 is 10.1 Å². The molecule has 114 valence electrons. The van der Waals surface area contributed by atoms with Crippen LogP contribution in [0.15, 0.2) is 29.2 Å². The zero-order valence-corrected chi connectivity index (χ0v) is 13.4. The number of hydrogen-bond acceptors (Lipinski definition) is 4. The molecule has 0 saturated carbocycles. The van der Waals surface area contributed by atoms with Crippen LogP contribution in [0.3, 0.4) is 0 Å². The van der Waals surface area contributed by atoms with E-state index in [1.807, 2.05) is 13.8 Å². The summed E-state index contributed by atoms with van der Waals surface area (Å²) in [7, 11) is -3.77. The maximum absolute atomic E-state index is 12.1. The molecule has 0 aromatic heterocycles. The number of benzene rings is 1. The van der Waals surface area contributed by atoms with E-state index in [-0.39, 0.29) is 4.90 Å². The Bertz CT molecular complexity index is 493. The average Bonchev–Trinajstić information content (AvgIpc) is 2.43. The Kier molecular flexibility index (Phi) is 6.65. The predicted octanol–water partition coefficient (Wildman–Crippen LogP) is 3.50. The fraction of sp³-hybridized carbons (Fsp3) is 0.600. The molecule has 0 bridgehead atoms. The molecule has 0 N–H and O–H groups in total. The first kappa shape index (κ1) is 17.1. The Balaban J connectivity index is 2.70. The van der Waals surface area contributed by atoms with Crippen LogP contribution in [-0.4, -0.2) is 21.3 Å². The Morgan fingerprint density at radius 1 is 1.10 bits per heavy atom. The van der Waals surface area contributed by atoms with Gasteiger partial charge in [-0.2, -0.15) is 8.42 Å². The third-order valence-corrected chi connectivity index (χ3v) is 4.46. The lowest BCUT2D eigenvalue weighted by molar-refractivity contribution is -0.0880. The van der Waals surface area contributed by atoms with E-state index in [2.05, 4.69) is 13.8 Å². The average molecular weight is 300 g/mol. The number of ether oxygens (including phenoxy) is 1. The summed E-state index contributed by atoms with van der Waals surface area (Å²) >= 11 is 0. The SMILES string of the molecule is CCC(C)COC(CC)OS(=O)(=O)c1ccc(C)cc1. The van der Waals surface area contributed by atoms with Crippen molar-refractivity contribution in [3.8, 4) is 0 Å². The van der Waals surface area contributed by atoms with Gasteiger partial charge in [0.05, 0.1) is 11.5 Å². The van der Waals surface area contributed by atoms with E-state index in [1.54, 1.807) is 24.3 Å². The Morgan fingerprint density at radius 2 is 1.70 bits per heavy atom. The molecule has 0 amide bonds. The van der Waals surface area contributed by atoms with Gasteiger partial charge in [0.1, 0.15) is 0 Å². The standard InChI is InChI=1S/C15H24O4S/c1-5-12(3)11-18-15(6-2)19-20(16,17)14-9-7-13(4)8-10-14/h7-10,12,15H,5-6,11H2,1-4H3. The highest BCUT2D eigenvalue weighted by Gasteiger charge is 2.21. The van der Waals surface area contributed by atoms with E-state index < -0.39 is 16.4 Å². The van der Waals surface area contributed by atoms with Crippen LogP contribution in [0.2, 0.25) is 0 Å². The van der Waals surface area contributed by atoms with Crippen LogP contribution in [0, 0.1) is 12.8 Å². The van der Waals surface area contributed by atoms with Crippen LogP contribution in [0.4, 0.5) is 0 Å². The largest absolute Gasteiger partial charge is 0.351 e. The Labute approximate surface area is 122 Å². The number of aryl methyl sites for hydroxylation is 1. The summed E-state index contributed by atoms with van der Waals surface area (Å²) in [5.41, 5.74) is 1.00. The first-order valence-corrected chi connectivity index (χ1v) is 8.41. The van der Waals surface area contributed by atoms with Crippen molar-refractivity contribution in [1.82, 2.24) is 0 Å². The second-order valence-electron chi connectivity index (χ2n) is 5.05. The topological polar surface area (TPSA) is 52.6 Å². The molecule has 5 heteroatoms. The van der Waals surface area contributed by atoms with Gasteiger partial charge in [0.2, 0.25) is 0 Å². The van der Waals surface area contributed by atoms with Gasteiger partial charge in [-0.1, -0.05) is 44.9 Å². The van der Waals surface area contributed by atoms with E-state index in [9.17, 15) is 8.42 Å². The molecule has 2 atom stereocenters. The molecule has 0 heterocycles. The lowest BCUT2D eigenvalue weighted by atomic mass is 10.1. The summed E-state index contributed by atoms with van der Waals surface area (Å²) in [5, 5.41) is 0. The molecule has 0 aliphatic carbocycles. The van der Waals surface area contributed by atoms with E-state index >= 15 is 0 Å². The summed E-state index contributed by atoms with van der Waals surface area (Å²) in [6.07, 6.45) is 0.748. The summed E-state index contributed by atoms with van der Waals surface area (Å²) in [6, 6.07) is 6.59. The molecule has 1 aromatic carbocycles. The highest BCUT2D eigenvalue weighted by Crippen LogP contribution is 2.17. The van der Waals surface area contributed by atoms with Crippen molar-refractivity contribution < 1.29 is 17.3 Å². The minimum atomic E-state index is -3.77. The molecule has 0 radical (unpaired) electrons. The molecule has 0 spiro atoms. The number of hydrogen-bond donors (Lipinski definition) is 0. The predicted molar refractivity (Wildman–Crippen MR) is 78.9 cm³/mol. The van der Waals surface area contributed by atoms with Gasteiger partial charge in [0.15, 0.2) is 6.29 Å². The number of rotatable bonds is 8. The quantitative estimate of drug-likeness (QED) is 0.544. The van der Waals surface area contributed by atoms with E-state index in [0.29, 0.717) is 18.9 Å². The first-order valence-electron chi connectivity index (χ1n) is 7.00. The van der Waals surface area contributed by atoms with Gasteiger partial charge in [-0.15, -0.1) is 0 Å². The molecular weight excluding hydrogens is 276 g/mol. The molecule has 0 fully saturated rings. The minimum absolute atomic E-state index is 0.161. The van der Waals surface area contributed by atoms with Crippen molar-refractivity contribution in [3.63, 3.8) is 0 Å². The molecule has 0 saturated heterocycles. The van der Waals surface area contributed by atoms with Crippen LogP contribution in [0.5, 0.6) is 0 Å². The normalized spacial score (nSPS) is 15.0. The van der Waals surface area contributed by atoms with Gasteiger partial charge in [0.25, 0.3) is 10.1 Å². The molecule has 0 aliphatic heterocycles. The van der Waals surface area contributed by atoms with E-state index in [0.717, 1.165) is 12.0 Å². The van der Waals surface area contributed by atoms with E-state index in [1.165, 1.54) is 0 Å². The molecule has 2 unspecified atom stereocenters. The second-order valence-corrected chi connectivity index (χ2v) is 6.62. The molecule has 0 aliphatic rings. The van der Waals surface area contributed by atoms with Crippen LogP contribution in [-0.2, 0) is 19.0 Å². The van der Waals surface area contributed by atoms with E-state index in [4.69, 9.17) is 8.92 Å². The molecule has 4 nitrogen and oxygen atoms in total. The van der Waals surface area contributed by atoms with Crippen molar-refractivity contribution in [2.45, 2.75) is 51.7 Å². The fourth-order valence-corrected chi connectivity index (χ4v) is 2.56. The van der Waals surface area contributed by atoms with Crippen LogP contribution >= 0.6 is 0 Å². The third kappa shape index (κ3) is 5.23. The van der Waals surface area contributed by atoms with Gasteiger partial charge in [0, 0.05) is 0 Å². The minimum Gasteiger partial charge on any atom is -0.351 e. The fourth-order valence-electron chi connectivity index (χ4n) is 1.50. The Morgan fingerprint density at radius 3 is 2.20 bits per heavy atom. The lowest BCUT2D eigenvalue weighted by Crippen LogP contribution is -2.23.